The average Bonchev–Trinajstić information content (AvgIpc) is 3.21. The lowest BCUT2D eigenvalue weighted by Gasteiger charge is -2.10. The van der Waals surface area contributed by atoms with Crippen LogP contribution in [0.3, 0.4) is 0 Å². The quantitative estimate of drug-likeness (QED) is 0.429. The molecule has 0 aliphatic heterocycles. The van der Waals surface area contributed by atoms with Crippen LogP contribution < -0.4 is 10.0 Å². The molecule has 0 spiro atoms. The fraction of sp³-hybridized carbons (Fsp3) is 0.235. The van der Waals surface area contributed by atoms with Crippen LogP contribution in [0.1, 0.15) is 6.42 Å². The first-order chi connectivity index (χ1) is 13.4. The number of nitrogens with one attached hydrogen (secondary N) is 2. The number of nitriles is 1. The highest BCUT2D eigenvalue weighted by atomic mass is 32.2. The van der Waals surface area contributed by atoms with Crippen LogP contribution in [-0.2, 0) is 24.3 Å². The summed E-state index contributed by atoms with van der Waals surface area (Å²) in [6, 6.07) is 12.0. The Morgan fingerprint density at radius 2 is 2.00 bits per heavy atom. The van der Waals surface area contributed by atoms with Crippen molar-refractivity contribution >= 4 is 50.7 Å². The predicted octanol–water partition coefficient (Wildman–Crippen LogP) is 2.21. The highest BCUT2D eigenvalue weighted by Crippen LogP contribution is 2.26. The van der Waals surface area contributed by atoms with Crippen molar-refractivity contribution in [3.8, 4) is 6.07 Å². The maximum atomic E-state index is 12.0. The molecule has 1 aromatic carbocycles. The molecule has 2 aromatic rings. The Kier molecular flexibility index (Phi) is 8.46. The van der Waals surface area contributed by atoms with E-state index in [1.54, 1.807) is 35.7 Å². The average molecular weight is 440 g/mol. The highest BCUT2D eigenvalue weighted by molar-refractivity contribution is 7.99. The minimum absolute atomic E-state index is 0.131. The lowest BCUT2D eigenvalue weighted by atomic mass is 10.3. The van der Waals surface area contributed by atoms with E-state index in [0.717, 1.165) is 16.2 Å². The van der Waals surface area contributed by atoms with E-state index in [4.69, 9.17) is 10.00 Å². The third kappa shape index (κ3) is 6.97. The van der Waals surface area contributed by atoms with Crippen LogP contribution in [0.5, 0.6) is 0 Å². The van der Waals surface area contributed by atoms with E-state index in [1.807, 2.05) is 6.07 Å². The predicted molar refractivity (Wildman–Crippen MR) is 106 cm³/mol. The summed E-state index contributed by atoms with van der Waals surface area (Å²) in [6.07, 6.45) is -0.202. The van der Waals surface area contributed by atoms with Gasteiger partial charge in [0.1, 0.15) is 4.21 Å². The molecule has 8 nitrogen and oxygen atoms in total. The third-order valence-corrected chi connectivity index (χ3v) is 7.00. The number of hydrogen-bond acceptors (Lipinski definition) is 8. The van der Waals surface area contributed by atoms with Crippen LogP contribution >= 0.6 is 23.1 Å². The molecule has 0 aliphatic carbocycles. The smallest absolute Gasteiger partial charge is 0.307 e. The zero-order valence-corrected chi connectivity index (χ0v) is 17.0. The van der Waals surface area contributed by atoms with Crippen LogP contribution in [0, 0.1) is 11.3 Å². The lowest BCUT2D eigenvalue weighted by molar-refractivity contribution is -0.147. The number of thiophene rings is 1. The van der Waals surface area contributed by atoms with Crippen molar-refractivity contribution in [1.82, 2.24) is 4.72 Å². The van der Waals surface area contributed by atoms with Gasteiger partial charge in [0.15, 0.2) is 6.61 Å². The Balaban J connectivity index is 1.74. The van der Waals surface area contributed by atoms with Gasteiger partial charge in [-0.05, 0) is 23.6 Å². The molecule has 0 saturated heterocycles. The molecular weight excluding hydrogens is 422 g/mol. The number of hydrogen-bond donors (Lipinski definition) is 2. The van der Waals surface area contributed by atoms with Gasteiger partial charge in [0, 0.05) is 11.4 Å². The minimum atomic E-state index is -3.64. The summed E-state index contributed by atoms with van der Waals surface area (Å²) in [5, 5.41) is 12.9. The molecule has 0 atom stereocenters. The van der Waals surface area contributed by atoms with Gasteiger partial charge in [-0.1, -0.05) is 18.2 Å². The van der Waals surface area contributed by atoms with Crippen LogP contribution in [0.2, 0.25) is 0 Å². The van der Waals surface area contributed by atoms with Crippen LogP contribution in [0.4, 0.5) is 5.69 Å². The van der Waals surface area contributed by atoms with Crippen molar-refractivity contribution in [2.45, 2.75) is 15.5 Å². The molecule has 1 aromatic heterocycles. The molecule has 11 heteroatoms. The molecule has 0 fully saturated rings. The summed E-state index contributed by atoms with van der Waals surface area (Å²) in [5.74, 6) is -0.989. The van der Waals surface area contributed by atoms with E-state index >= 15 is 0 Å². The number of carbonyl (C=O) groups excluding carboxylic acids is 2. The highest BCUT2D eigenvalue weighted by Gasteiger charge is 2.16. The van der Waals surface area contributed by atoms with E-state index in [0.29, 0.717) is 5.69 Å². The normalized spacial score (nSPS) is 10.8. The van der Waals surface area contributed by atoms with Crippen molar-refractivity contribution in [1.29, 1.82) is 5.26 Å². The largest absolute Gasteiger partial charge is 0.456 e. The van der Waals surface area contributed by atoms with E-state index in [-0.39, 0.29) is 22.9 Å². The number of anilines is 1. The number of benzene rings is 1. The Hall–Kier alpha value is -2.39. The van der Waals surface area contributed by atoms with Crippen molar-refractivity contribution in [3.63, 3.8) is 0 Å². The molecule has 28 heavy (non-hydrogen) atoms. The standard InChI is InChI=1S/C17H17N3O5S3/c18-8-11-26-14-5-2-1-4-13(14)20-15(21)12-25-16(22)7-9-19-28(23,24)17-6-3-10-27-17/h1-6,10,19H,7,9,11-12H2,(H,20,21). The first-order valence-electron chi connectivity index (χ1n) is 8.00. The Morgan fingerprint density at radius 1 is 1.21 bits per heavy atom. The van der Waals surface area contributed by atoms with Gasteiger partial charge in [-0.3, -0.25) is 9.59 Å². The van der Waals surface area contributed by atoms with Gasteiger partial charge in [0.25, 0.3) is 5.91 Å². The fourth-order valence-electron chi connectivity index (χ4n) is 1.99. The summed E-state index contributed by atoms with van der Waals surface area (Å²) in [7, 11) is -3.64. The number of amides is 1. The Labute approximate surface area is 170 Å². The Bertz CT molecular complexity index is 953. The van der Waals surface area contributed by atoms with E-state index in [9.17, 15) is 18.0 Å². The van der Waals surface area contributed by atoms with Gasteiger partial charge in [-0.25, -0.2) is 13.1 Å². The van der Waals surface area contributed by atoms with E-state index in [1.165, 1.54) is 17.8 Å². The lowest BCUT2D eigenvalue weighted by Crippen LogP contribution is -2.27. The fourth-order valence-corrected chi connectivity index (χ4v) is 4.72. The number of ether oxygens (including phenoxy) is 1. The van der Waals surface area contributed by atoms with Crippen molar-refractivity contribution in [2.24, 2.45) is 0 Å². The topological polar surface area (TPSA) is 125 Å². The number of esters is 1. The number of para-hydroxylation sites is 1. The minimum Gasteiger partial charge on any atom is -0.456 e. The molecular formula is C17H17N3O5S3. The van der Waals surface area contributed by atoms with Crippen molar-refractivity contribution in [2.75, 3.05) is 24.2 Å². The van der Waals surface area contributed by atoms with Crippen molar-refractivity contribution < 1.29 is 22.7 Å². The number of thioether (sulfide) groups is 1. The first-order valence-corrected chi connectivity index (χ1v) is 11.3. The summed E-state index contributed by atoms with van der Waals surface area (Å²) < 4.78 is 31.1. The second-order valence-corrected chi connectivity index (χ2v) is 9.19. The molecule has 1 heterocycles. The van der Waals surface area contributed by atoms with Gasteiger partial charge in [-0.15, -0.1) is 23.1 Å². The number of nitrogens with zero attached hydrogens (tertiary/aromatic N) is 1. The van der Waals surface area contributed by atoms with Crippen LogP contribution in [0.25, 0.3) is 0 Å². The molecule has 0 bridgehead atoms. The summed E-state index contributed by atoms with van der Waals surface area (Å²) >= 11 is 2.35. The second kappa shape index (κ2) is 10.8. The summed E-state index contributed by atoms with van der Waals surface area (Å²) in [5.41, 5.74) is 0.521. The molecule has 0 aliphatic rings. The number of rotatable bonds is 10. The molecule has 148 valence electrons. The van der Waals surface area contributed by atoms with Crippen LogP contribution in [-0.4, -0.2) is 39.2 Å². The van der Waals surface area contributed by atoms with Gasteiger partial charge in [0.2, 0.25) is 10.0 Å². The zero-order chi connectivity index (χ0) is 20.4. The van der Waals surface area contributed by atoms with Crippen LogP contribution in [0.15, 0.2) is 50.9 Å². The molecule has 2 rings (SSSR count). The molecule has 0 radical (unpaired) electrons. The monoisotopic (exact) mass is 439 g/mol. The van der Waals surface area contributed by atoms with Gasteiger partial charge in [0.05, 0.1) is 23.9 Å². The van der Waals surface area contributed by atoms with Crippen molar-refractivity contribution in [3.05, 3.63) is 41.8 Å². The summed E-state index contributed by atoms with van der Waals surface area (Å²) in [6.45, 7) is -0.623. The molecule has 2 N–H and O–H groups in total. The first kappa shape index (κ1) is 21.9. The van der Waals surface area contributed by atoms with Gasteiger partial charge in [-0.2, -0.15) is 5.26 Å². The SMILES string of the molecule is N#CCSc1ccccc1NC(=O)COC(=O)CCNS(=O)(=O)c1cccs1. The number of carbonyl (C=O) groups is 2. The van der Waals surface area contributed by atoms with E-state index < -0.39 is 28.5 Å². The summed E-state index contributed by atoms with van der Waals surface area (Å²) in [4.78, 5) is 24.4. The van der Waals surface area contributed by atoms with E-state index in [2.05, 4.69) is 10.0 Å². The molecule has 0 saturated carbocycles. The number of sulfonamides is 1. The second-order valence-electron chi connectivity index (χ2n) is 5.23. The maximum Gasteiger partial charge on any atom is 0.307 e. The third-order valence-electron chi connectivity index (χ3n) is 3.20. The maximum absolute atomic E-state index is 12.0. The molecule has 1 amide bonds. The Morgan fingerprint density at radius 3 is 2.71 bits per heavy atom. The molecule has 0 unspecified atom stereocenters. The van der Waals surface area contributed by atoms with Gasteiger partial charge >= 0.3 is 5.97 Å². The van der Waals surface area contributed by atoms with Gasteiger partial charge < -0.3 is 10.1 Å². The zero-order valence-electron chi connectivity index (χ0n) is 14.6.